The first-order valence-corrected chi connectivity index (χ1v) is 10.1. The highest BCUT2D eigenvalue weighted by molar-refractivity contribution is 5.97. The van der Waals surface area contributed by atoms with Gasteiger partial charge < -0.3 is 19.3 Å². The second-order valence-electron chi connectivity index (χ2n) is 7.68. The van der Waals surface area contributed by atoms with Crippen molar-refractivity contribution >= 4 is 11.8 Å². The summed E-state index contributed by atoms with van der Waals surface area (Å²) in [4.78, 5) is 29.3. The zero-order chi connectivity index (χ0) is 18.7. The Morgan fingerprint density at radius 1 is 0.704 bits per heavy atom. The van der Waals surface area contributed by atoms with E-state index in [1.54, 1.807) is 24.3 Å². The van der Waals surface area contributed by atoms with Crippen LogP contribution in [0.2, 0.25) is 0 Å². The van der Waals surface area contributed by atoms with Crippen molar-refractivity contribution in [2.24, 2.45) is 0 Å². The van der Waals surface area contributed by atoms with E-state index >= 15 is 0 Å². The fourth-order valence-electron chi connectivity index (χ4n) is 4.23. The highest BCUT2D eigenvalue weighted by Gasteiger charge is 2.40. The normalized spacial score (nSPS) is 22.7. The van der Waals surface area contributed by atoms with E-state index in [2.05, 4.69) is 0 Å². The minimum atomic E-state index is -0.472. The van der Waals surface area contributed by atoms with Crippen molar-refractivity contribution in [3.05, 3.63) is 35.4 Å². The molecule has 1 aromatic carbocycles. The number of hydrogen-bond acceptors (Lipinski definition) is 4. The monoisotopic (exact) mass is 372 g/mol. The van der Waals surface area contributed by atoms with Crippen LogP contribution in [0, 0.1) is 0 Å². The molecule has 0 N–H and O–H groups in total. The first kappa shape index (κ1) is 18.4. The molecule has 2 amide bonds. The Morgan fingerprint density at radius 2 is 1.15 bits per heavy atom. The third-order valence-corrected chi connectivity index (χ3v) is 5.90. The Bertz CT molecular complexity index is 664. The van der Waals surface area contributed by atoms with E-state index in [-0.39, 0.29) is 11.8 Å². The Labute approximate surface area is 160 Å². The van der Waals surface area contributed by atoms with E-state index in [1.165, 1.54) is 12.8 Å². The summed E-state index contributed by atoms with van der Waals surface area (Å²) < 4.78 is 11.4. The summed E-state index contributed by atoms with van der Waals surface area (Å²) in [5, 5.41) is 0. The molecule has 0 radical (unpaired) electrons. The highest BCUT2D eigenvalue weighted by atomic mass is 16.7. The van der Waals surface area contributed by atoms with Crippen LogP contribution < -0.4 is 0 Å². The number of benzene rings is 1. The summed E-state index contributed by atoms with van der Waals surface area (Å²) in [6, 6.07) is 7.13. The van der Waals surface area contributed by atoms with E-state index < -0.39 is 5.79 Å². The van der Waals surface area contributed by atoms with Gasteiger partial charge in [0.15, 0.2) is 5.79 Å². The fourth-order valence-corrected chi connectivity index (χ4v) is 4.23. The topological polar surface area (TPSA) is 59.1 Å². The standard InChI is InChI=1S/C21H28N2O4/c24-19(22-11-3-1-2-4-12-22)17-5-7-18(8-6-17)20(25)23-13-9-21(10-14-23)26-15-16-27-21/h5-8H,1-4,9-16H2. The molecule has 0 aliphatic carbocycles. The van der Waals surface area contributed by atoms with Crippen molar-refractivity contribution in [1.29, 1.82) is 0 Å². The fraction of sp³-hybridized carbons (Fsp3) is 0.619. The first-order chi connectivity index (χ1) is 13.2. The molecule has 3 aliphatic heterocycles. The number of hydrogen-bond donors (Lipinski definition) is 0. The summed E-state index contributed by atoms with van der Waals surface area (Å²) >= 11 is 0. The van der Waals surface area contributed by atoms with Crippen LogP contribution >= 0.6 is 0 Å². The molecule has 1 aromatic rings. The van der Waals surface area contributed by atoms with Gasteiger partial charge >= 0.3 is 0 Å². The Morgan fingerprint density at radius 3 is 1.63 bits per heavy atom. The second kappa shape index (κ2) is 7.98. The number of piperidine rings is 1. The van der Waals surface area contributed by atoms with E-state index in [0.29, 0.717) is 50.3 Å². The van der Waals surface area contributed by atoms with Crippen LogP contribution in [-0.4, -0.2) is 66.8 Å². The summed E-state index contributed by atoms with van der Waals surface area (Å²) in [6.45, 7) is 4.21. The molecular formula is C21H28N2O4. The predicted octanol–water partition coefficient (Wildman–Crippen LogP) is 2.68. The summed E-state index contributed by atoms with van der Waals surface area (Å²) in [6.07, 6.45) is 5.97. The molecule has 0 unspecified atom stereocenters. The molecular weight excluding hydrogens is 344 g/mol. The molecule has 3 heterocycles. The molecule has 3 saturated heterocycles. The molecule has 146 valence electrons. The number of likely N-dealkylation sites (tertiary alicyclic amines) is 2. The lowest BCUT2D eigenvalue weighted by atomic mass is 10.0. The van der Waals surface area contributed by atoms with Gasteiger partial charge in [0.05, 0.1) is 13.2 Å². The maximum absolute atomic E-state index is 12.8. The van der Waals surface area contributed by atoms with Crippen molar-refractivity contribution < 1.29 is 19.1 Å². The smallest absolute Gasteiger partial charge is 0.253 e. The first-order valence-electron chi connectivity index (χ1n) is 10.1. The number of amides is 2. The lowest BCUT2D eigenvalue weighted by Gasteiger charge is -2.37. The molecule has 4 rings (SSSR count). The number of nitrogens with zero attached hydrogens (tertiary/aromatic N) is 2. The van der Waals surface area contributed by atoms with Gasteiger partial charge in [0.2, 0.25) is 0 Å². The molecule has 6 heteroatoms. The number of rotatable bonds is 2. The third kappa shape index (κ3) is 4.01. The maximum Gasteiger partial charge on any atom is 0.253 e. The molecule has 3 fully saturated rings. The van der Waals surface area contributed by atoms with Crippen LogP contribution in [0.3, 0.4) is 0 Å². The van der Waals surface area contributed by atoms with Crippen LogP contribution in [0.5, 0.6) is 0 Å². The molecule has 3 aliphatic rings. The Balaban J connectivity index is 1.37. The van der Waals surface area contributed by atoms with Gasteiger partial charge in [-0.15, -0.1) is 0 Å². The van der Waals surface area contributed by atoms with Crippen LogP contribution in [0.4, 0.5) is 0 Å². The molecule has 0 atom stereocenters. The van der Waals surface area contributed by atoms with Gasteiger partial charge in [-0.05, 0) is 37.1 Å². The number of carbonyl (C=O) groups is 2. The zero-order valence-corrected chi connectivity index (χ0v) is 15.8. The van der Waals surface area contributed by atoms with Crippen molar-refractivity contribution in [3.8, 4) is 0 Å². The molecule has 27 heavy (non-hydrogen) atoms. The second-order valence-corrected chi connectivity index (χ2v) is 7.68. The lowest BCUT2D eigenvalue weighted by molar-refractivity contribution is -0.181. The quantitative estimate of drug-likeness (QED) is 0.801. The average molecular weight is 372 g/mol. The van der Waals surface area contributed by atoms with Crippen LogP contribution in [0.15, 0.2) is 24.3 Å². The van der Waals surface area contributed by atoms with Gasteiger partial charge in [0.1, 0.15) is 0 Å². The average Bonchev–Trinajstić information content (AvgIpc) is 2.99. The molecule has 0 bridgehead atoms. The predicted molar refractivity (Wildman–Crippen MR) is 101 cm³/mol. The summed E-state index contributed by atoms with van der Waals surface area (Å²) in [5.41, 5.74) is 1.30. The number of carbonyl (C=O) groups excluding carboxylic acids is 2. The summed E-state index contributed by atoms with van der Waals surface area (Å²) in [5.74, 6) is -0.386. The summed E-state index contributed by atoms with van der Waals surface area (Å²) in [7, 11) is 0. The molecule has 1 spiro atoms. The van der Waals surface area contributed by atoms with Gasteiger partial charge in [-0.3, -0.25) is 9.59 Å². The molecule has 0 aromatic heterocycles. The van der Waals surface area contributed by atoms with Crippen molar-refractivity contribution in [3.63, 3.8) is 0 Å². The van der Waals surface area contributed by atoms with Gasteiger partial charge in [-0.1, -0.05) is 12.8 Å². The van der Waals surface area contributed by atoms with E-state index in [1.807, 2.05) is 9.80 Å². The minimum Gasteiger partial charge on any atom is -0.347 e. The molecule has 6 nitrogen and oxygen atoms in total. The largest absolute Gasteiger partial charge is 0.347 e. The molecule has 0 saturated carbocycles. The van der Waals surface area contributed by atoms with Crippen molar-refractivity contribution in [1.82, 2.24) is 9.80 Å². The van der Waals surface area contributed by atoms with Gasteiger partial charge in [0, 0.05) is 50.1 Å². The van der Waals surface area contributed by atoms with Gasteiger partial charge in [-0.25, -0.2) is 0 Å². The van der Waals surface area contributed by atoms with Crippen LogP contribution in [0.25, 0.3) is 0 Å². The van der Waals surface area contributed by atoms with Crippen LogP contribution in [0.1, 0.15) is 59.2 Å². The number of ether oxygens (including phenoxy) is 2. The van der Waals surface area contributed by atoms with Crippen LogP contribution in [-0.2, 0) is 9.47 Å². The van der Waals surface area contributed by atoms with E-state index in [0.717, 1.165) is 25.9 Å². The lowest BCUT2D eigenvalue weighted by Crippen LogP contribution is -2.47. The third-order valence-electron chi connectivity index (χ3n) is 5.90. The Hall–Kier alpha value is -1.92. The van der Waals surface area contributed by atoms with E-state index in [4.69, 9.17) is 9.47 Å². The van der Waals surface area contributed by atoms with Crippen molar-refractivity contribution in [2.75, 3.05) is 39.4 Å². The SMILES string of the molecule is O=C(c1ccc(C(=O)N2CCC3(CC2)OCCO3)cc1)N1CCCCCC1. The van der Waals surface area contributed by atoms with Gasteiger partial charge in [-0.2, -0.15) is 0 Å². The highest BCUT2D eigenvalue weighted by Crippen LogP contribution is 2.31. The Kier molecular flexibility index (Phi) is 5.45. The van der Waals surface area contributed by atoms with E-state index in [9.17, 15) is 9.59 Å². The zero-order valence-electron chi connectivity index (χ0n) is 15.8. The maximum atomic E-state index is 12.8. The van der Waals surface area contributed by atoms with Gasteiger partial charge in [0.25, 0.3) is 11.8 Å². The van der Waals surface area contributed by atoms with Crippen molar-refractivity contribution in [2.45, 2.75) is 44.3 Å². The minimum absolute atomic E-state index is 0.0108.